The summed E-state index contributed by atoms with van der Waals surface area (Å²) in [5.41, 5.74) is 3.49. The number of amidine groups is 1. The Morgan fingerprint density at radius 2 is 2.05 bits per heavy atom. The Labute approximate surface area is 130 Å². The van der Waals surface area contributed by atoms with E-state index in [0.717, 1.165) is 17.7 Å². The number of nitrogens with zero attached hydrogens (tertiary/aromatic N) is 2. The highest BCUT2D eigenvalue weighted by Crippen LogP contribution is 2.35. The average molecular weight is 322 g/mol. The molecule has 0 aromatic heterocycles. The van der Waals surface area contributed by atoms with Crippen LogP contribution in [-0.4, -0.2) is 30.8 Å². The molecule has 6 heteroatoms. The molecule has 21 heavy (non-hydrogen) atoms. The standard InChI is InChI=1S/C15H18N2O2S2/c1-3-11(2)12-4-6-13(7-5-12)14-10-20-15-16-21(18,19)9-8-17(14)15/h4-7,10-11H,3,8-9H2,1-2H3/t11-/m1/s1. The van der Waals surface area contributed by atoms with E-state index in [1.807, 2.05) is 10.3 Å². The van der Waals surface area contributed by atoms with Gasteiger partial charge in [0.15, 0.2) is 5.17 Å². The molecular weight excluding hydrogens is 304 g/mol. The lowest BCUT2D eigenvalue weighted by Gasteiger charge is -2.25. The molecule has 0 saturated heterocycles. The molecule has 1 aromatic carbocycles. The lowest BCUT2D eigenvalue weighted by Crippen LogP contribution is -2.34. The Balaban J connectivity index is 1.86. The minimum atomic E-state index is -3.27. The fourth-order valence-corrected chi connectivity index (χ4v) is 4.59. The van der Waals surface area contributed by atoms with Crippen molar-refractivity contribution in [3.63, 3.8) is 0 Å². The molecule has 3 rings (SSSR count). The molecule has 1 atom stereocenters. The Morgan fingerprint density at radius 3 is 2.71 bits per heavy atom. The summed E-state index contributed by atoms with van der Waals surface area (Å²) in [6.07, 6.45) is 1.12. The van der Waals surface area contributed by atoms with Gasteiger partial charge < -0.3 is 4.90 Å². The highest BCUT2D eigenvalue weighted by molar-refractivity contribution is 8.17. The second-order valence-corrected chi connectivity index (χ2v) is 7.95. The fourth-order valence-electron chi connectivity index (χ4n) is 2.44. The van der Waals surface area contributed by atoms with Crippen molar-refractivity contribution in [2.45, 2.75) is 26.2 Å². The highest BCUT2D eigenvalue weighted by Gasteiger charge is 2.31. The molecule has 2 aliphatic heterocycles. The zero-order valence-electron chi connectivity index (χ0n) is 12.1. The minimum absolute atomic E-state index is 0.0827. The number of rotatable bonds is 3. The lowest BCUT2D eigenvalue weighted by atomic mass is 9.97. The normalized spacial score (nSPS) is 21.5. The van der Waals surface area contributed by atoms with E-state index in [4.69, 9.17) is 0 Å². The second kappa shape index (κ2) is 5.50. The number of fused-ring (bicyclic) bond motifs is 1. The maximum Gasteiger partial charge on any atom is 0.257 e. The summed E-state index contributed by atoms with van der Waals surface area (Å²) in [5.74, 6) is 0.641. The molecule has 0 radical (unpaired) electrons. The molecule has 0 N–H and O–H groups in total. The molecular formula is C15H18N2O2S2. The molecule has 0 spiro atoms. The van der Waals surface area contributed by atoms with Crippen LogP contribution in [0.25, 0.3) is 5.70 Å². The first-order valence-corrected chi connectivity index (χ1v) is 9.56. The van der Waals surface area contributed by atoms with Gasteiger partial charge in [0, 0.05) is 12.0 Å². The SMILES string of the molecule is CC[C@@H](C)c1ccc(C2=CSC3=NS(=O)(=O)CCN23)cc1. The average Bonchev–Trinajstić information content (AvgIpc) is 2.88. The van der Waals surface area contributed by atoms with Crippen molar-refractivity contribution in [2.75, 3.05) is 12.3 Å². The van der Waals surface area contributed by atoms with Crippen LogP contribution in [-0.2, 0) is 10.0 Å². The second-order valence-electron chi connectivity index (χ2n) is 5.36. The zero-order valence-corrected chi connectivity index (χ0v) is 13.7. The summed E-state index contributed by atoms with van der Waals surface area (Å²) in [6.45, 7) is 4.89. The van der Waals surface area contributed by atoms with E-state index in [-0.39, 0.29) is 5.75 Å². The van der Waals surface area contributed by atoms with Crippen LogP contribution in [0.15, 0.2) is 34.1 Å². The third-order valence-electron chi connectivity index (χ3n) is 3.98. The summed E-state index contributed by atoms with van der Waals surface area (Å²) in [7, 11) is -3.27. The maximum atomic E-state index is 11.5. The number of benzene rings is 1. The molecule has 0 amide bonds. The van der Waals surface area contributed by atoms with Crippen molar-refractivity contribution in [3.05, 3.63) is 40.8 Å². The van der Waals surface area contributed by atoms with Crippen LogP contribution in [0.4, 0.5) is 0 Å². The van der Waals surface area contributed by atoms with Gasteiger partial charge in [-0.1, -0.05) is 49.9 Å². The summed E-state index contributed by atoms with van der Waals surface area (Å²) in [6, 6.07) is 8.54. The van der Waals surface area contributed by atoms with Crippen molar-refractivity contribution in [1.82, 2.24) is 4.90 Å². The van der Waals surface area contributed by atoms with Crippen LogP contribution in [0.2, 0.25) is 0 Å². The van der Waals surface area contributed by atoms with Crippen molar-refractivity contribution in [1.29, 1.82) is 0 Å². The van der Waals surface area contributed by atoms with E-state index in [1.54, 1.807) is 0 Å². The smallest absolute Gasteiger partial charge is 0.257 e. The minimum Gasteiger partial charge on any atom is -0.318 e. The molecule has 0 aliphatic carbocycles. The van der Waals surface area contributed by atoms with Crippen LogP contribution in [0, 0.1) is 0 Å². The number of hydrogen-bond donors (Lipinski definition) is 0. The highest BCUT2D eigenvalue weighted by atomic mass is 32.2. The largest absolute Gasteiger partial charge is 0.318 e. The molecule has 0 bridgehead atoms. The van der Waals surface area contributed by atoms with Gasteiger partial charge in [-0.15, -0.1) is 4.40 Å². The van der Waals surface area contributed by atoms with Crippen LogP contribution in [0.1, 0.15) is 37.3 Å². The van der Waals surface area contributed by atoms with Gasteiger partial charge in [-0.2, -0.15) is 0 Å². The van der Waals surface area contributed by atoms with Crippen molar-refractivity contribution in [3.8, 4) is 0 Å². The van der Waals surface area contributed by atoms with Crippen molar-refractivity contribution < 1.29 is 8.42 Å². The maximum absolute atomic E-state index is 11.5. The molecule has 112 valence electrons. The van der Waals surface area contributed by atoms with Gasteiger partial charge in [0.1, 0.15) is 0 Å². The van der Waals surface area contributed by atoms with Crippen LogP contribution in [0.3, 0.4) is 0 Å². The number of hydrogen-bond acceptors (Lipinski definition) is 4. The quantitative estimate of drug-likeness (QED) is 0.857. The lowest BCUT2D eigenvalue weighted by molar-refractivity contribution is 0.567. The number of thioether (sulfide) groups is 1. The summed E-state index contributed by atoms with van der Waals surface area (Å²) < 4.78 is 26.9. The molecule has 2 heterocycles. The van der Waals surface area contributed by atoms with Gasteiger partial charge in [0.05, 0.1) is 11.4 Å². The Hall–Kier alpha value is -1.27. The van der Waals surface area contributed by atoms with E-state index in [0.29, 0.717) is 17.6 Å². The molecule has 0 fully saturated rings. The fraction of sp³-hybridized carbons (Fsp3) is 0.400. The summed E-state index contributed by atoms with van der Waals surface area (Å²) in [5, 5.41) is 2.56. The third kappa shape index (κ3) is 2.87. The van der Waals surface area contributed by atoms with Crippen LogP contribution in [0.5, 0.6) is 0 Å². The molecule has 0 unspecified atom stereocenters. The van der Waals surface area contributed by atoms with Crippen molar-refractivity contribution >= 4 is 32.6 Å². The zero-order chi connectivity index (χ0) is 15.0. The third-order valence-corrected chi connectivity index (χ3v) is 6.10. The summed E-state index contributed by atoms with van der Waals surface area (Å²) in [4.78, 5) is 1.99. The first kappa shape index (κ1) is 14.7. The molecule has 0 saturated carbocycles. The van der Waals surface area contributed by atoms with Gasteiger partial charge in [0.25, 0.3) is 10.0 Å². The van der Waals surface area contributed by atoms with E-state index >= 15 is 0 Å². The number of sulfonamides is 1. The Bertz CT molecular complexity index is 706. The van der Waals surface area contributed by atoms with E-state index in [1.165, 1.54) is 17.3 Å². The monoisotopic (exact) mass is 322 g/mol. The predicted molar refractivity (Wildman–Crippen MR) is 88.6 cm³/mol. The molecule has 4 nitrogen and oxygen atoms in total. The Morgan fingerprint density at radius 1 is 1.33 bits per heavy atom. The van der Waals surface area contributed by atoms with E-state index < -0.39 is 10.0 Å². The predicted octanol–water partition coefficient (Wildman–Crippen LogP) is 3.25. The Kier molecular flexibility index (Phi) is 3.84. The van der Waals surface area contributed by atoms with Crippen LogP contribution >= 0.6 is 11.8 Å². The van der Waals surface area contributed by atoms with Crippen molar-refractivity contribution in [2.24, 2.45) is 4.40 Å². The topological polar surface area (TPSA) is 49.7 Å². The summed E-state index contributed by atoms with van der Waals surface area (Å²) >= 11 is 1.38. The first-order chi connectivity index (χ1) is 10.00. The van der Waals surface area contributed by atoms with E-state index in [9.17, 15) is 8.42 Å². The van der Waals surface area contributed by atoms with Gasteiger partial charge in [-0.25, -0.2) is 8.42 Å². The van der Waals surface area contributed by atoms with E-state index in [2.05, 4.69) is 42.5 Å². The van der Waals surface area contributed by atoms with Crippen LogP contribution < -0.4 is 0 Å². The van der Waals surface area contributed by atoms with Gasteiger partial charge in [-0.05, 0) is 23.5 Å². The van der Waals surface area contributed by atoms with Gasteiger partial charge >= 0.3 is 0 Å². The van der Waals surface area contributed by atoms with Gasteiger partial charge in [-0.3, -0.25) is 0 Å². The van der Waals surface area contributed by atoms with Gasteiger partial charge in [0.2, 0.25) is 0 Å². The molecule has 2 aliphatic rings. The molecule has 1 aromatic rings. The first-order valence-electron chi connectivity index (χ1n) is 7.07.